The van der Waals surface area contributed by atoms with E-state index in [1.807, 2.05) is 31.3 Å². The van der Waals surface area contributed by atoms with Crippen LogP contribution in [-0.4, -0.2) is 21.5 Å². The van der Waals surface area contributed by atoms with Crippen LogP contribution in [0.4, 0.5) is 5.00 Å². The van der Waals surface area contributed by atoms with E-state index in [4.69, 9.17) is 17.4 Å². The van der Waals surface area contributed by atoms with Crippen LogP contribution in [0, 0.1) is 0 Å². The highest BCUT2D eigenvalue weighted by Gasteiger charge is 2.09. The zero-order chi connectivity index (χ0) is 13.0. The summed E-state index contributed by atoms with van der Waals surface area (Å²) in [5.41, 5.74) is 4.66. The number of halogens is 1. The van der Waals surface area contributed by atoms with Crippen LogP contribution in [0.15, 0.2) is 24.3 Å². The van der Waals surface area contributed by atoms with Crippen LogP contribution < -0.4 is 11.3 Å². The van der Waals surface area contributed by atoms with E-state index in [9.17, 15) is 0 Å². The van der Waals surface area contributed by atoms with Crippen LogP contribution in [0.1, 0.15) is 11.3 Å². The average molecular weight is 284 g/mol. The van der Waals surface area contributed by atoms with Gasteiger partial charge in [0.15, 0.2) is 0 Å². The van der Waals surface area contributed by atoms with Crippen molar-refractivity contribution in [3.63, 3.8) is 0 Å². The van der Waals surface area contributed by atoms with Crippen LogP contribution in [0.25, 0.3) is 0 Å². The van der Waals surface area contributed by atoms with E-state index in [1.165, 1.54) is 17.1 Å². The van der Waals surface area contributed by atoms with Gasteiger partial charge in [-0.05, 0) is 24.7 Å². The van der Waals surface area contributed by atoms with Gasteiger partial charge in [-0.15, -0.1) is 5.10 Å². The fourth-order valence-electron chi connectivity index (χ4n) is 1.63. The topological polar surface area (TPSA) is 67.1 Å². The molecule has 0 atom stereocenters. The van der Waals surface area contributed by atoms with E-state index in [2.05, 4.69) is 19.9 Å². The smallest absolute Gasteiger partial charge is 0.148 e. The number of benzene rings is 1. The van der Waals surface area contributed by atoms with Gasteiger partial charge in [-0.25, -0.2) is 5.84 Å². The maximum Gasteiger partial charge on any atom is 0.148 e. The summed E-state index contributed by atoms with van der Waals surface area (Å²) in [6.07, 6.45) is 0. The van der Waals surface area contributed by atoms with Gasteiger partial charge in [0.1, 0.15) is 10.7 Å². The Morgan fingerprint density at radius 2 is 2.06 bits per heavy atom. The molecule has 0 saturated heterocycles. The normalized spacial score (nSPS) is 10.9. The van der Waals surface area contributed by atoms with Crippen molar-refractivity contribution in [1.82, 2.24) is 14.5 Å². The number of nitrogens with two attached hydrogens (primary N) is 1. The lowest BCUT2D eigenvalue weighted by molar-refractivity contribution is 0.315. The van der Waals surface area contributed by atoms with Crippen molar-refractivity contribution in [3.8, 4) is 0 Å². The first-order valence-electron chi connectivity index (χ1n) is 5.40. The van der Waals surface area contributed by atoms with E-state index < -0.39 is 0 Å². The molecule has 0 fully saturated rings. The highest BCUT2D eigenvalue weighted by molar-refractivity contribution is 7.10. The van der Waals surface area contributed by atoms with Crippen LogP contribution >= 0.6 is 23.1 Å². The third kappa shape index (κ3) is 3.39. The Morgan fingerprint density at radius 3 is 2.72 bits per heavy atom. The summed E-state index contributed by atoms with van der Waals surface area (Å²) in [4.78, 5) is 2.14. The summed E-state index contributed by atoms with van der Waals surface area (Å²) < 4.78 is 3.87. The lowest BCUT2D eigenvalue weighted by atomic mass is 10.2. The maximum atomic E-state index is 5.85. The van der Waals surface area contributed by atoms with E-state index in [-0.39, 0.29) is 0 Å². The van der Waals surface area contributed by atoms with Gasteiger partial charge in [0, 0.05) is 29.6 Å². The van der Waals surface area contributed by atoms with Crippen molar-refractivity contribution in [2.24, 2.45) is 5.84 Å². The van der Waals surface area contributed by atoms with E-state index in [0.29, 0.717) is 6.54 Å². The second-order valence-electron chi connectivity index (χ2n) is 3.99. The predicted octanol–water partition coefficient (Wildman–Crippen LogP) is 2.11. The number of rotatable bonds is 5. The first kappa shape index (κ1) is 13.2. The minimum atomic E-state index is 0.693. The molecule has 5 nitrogen and oxygen atoms in total. The summed E-state index contributed by atoms with van der Waals surface area (Å²) in [6.45, 7) is 1.51. The number of nitrogen functional groups attached to an aromatic ring is 1. The predicted molar refractivity (Wildman–Crippen MR) is 74.3 cm³/mol. The first-order valence-corrected chi connectivity index (χ1v) is 6.55. The van der Waals surface area contributed by atoms with Gasteiger partial charge in [-0.1, -0.05) is 28.2 Å². The van der Waals surface area contributed by atoms with Crippen molar-refractivity contribution in [2.45, 2.75) is 13.1 Å². The second kappa shape index (κ2) is 6.10. The number of hydrazine groups is 1. The zero-order valence-electron chi connectivity index (χ0n) is 9.93. The molecule has 0 aliphatic heterocycles. The molecule has 0 saturated carbocycles. The fraction of sp³-hybridized carbons (Fsp3) is 0.273. The van der Waals surface area contributed by atoms with Gasteiger partial charge in [0.25, 0.3) is 0 Å². The minimum absolute atomic E-state index is 0.693. The van der Waals surface area contributed by atoms with Crippen LogP contribution in [-0.2, 0) is 13.1 Å². The molecule has 0 aliphatic carbocycles. The summed E-state index contributed by atoms with van der Waals surface area (Å²) >= 11 is 7.11. The molecule has 1 heterocycles. The molecule has 0 amide bonds. The molecule has 0 aliphatic rings. The Morgan fingerprint density at radius 1 is 1.33 bits per heavy atom. The molecular weight excluding hydrogens is 270 g/mol. The lowest BCUT2D eigenvalue weighted by Crippen LogP contribution is -2.19. The van der Waals surface area contributed by atoms with Crippen LogP contribution in [0.2, 0.25) is 5.02 Å². The number of aromatic nitrogens is 2. The number of anilines is 1. The van der Waals surface area contributed by atoms with Gasteiger partial charge in [0.2, 0.25) is 0 Å². The molecular formula is C11H14ClN5S. The molecule has 1 aromatic carbocycles. The van der Waals surface area contributed by atoms with Gasteiger partial charge in [-0.2, -0.15) is 0 Å². The third-order valence-electron chi connectivity index (χ3n) is 2.47. The Labute approximate surface area is 115 Å². The van der Waals surface area contributed by atoms with Crippen LogP contribution in [0.3, 0.4) is 0 Å². The SMILES string of the molecule is CN(Cc1ccc(Cl)cc1)Cc1nnsc1NN. The monoisotopic (exact) mass is 283 g/mol. The quantitative estimate of drug-likeness (QED) is 0.650. The van der Waals surface area contributed by atoms with Crippen molar-refractivity contribution in [1.29, 1.82) is 0 Å². The van der Waals surface area contributed by atoms with Gasteiger partial charge in [0.05, 0.1) is 0 Å². The lowest BCUT2D eigenvalue weighted by Gasteiger charge is -2.15. The largest absolute Gasteiger partial charge is 0.313 e. The van der Waals surface area contributed by atoms with Crippen molar-refractivity contribution >= 4 is 28.1 Å². The molecule has 2 rings (SSSR count). The molecule has 1 aromatic heterocycles. The van der Waals surface area contributed by atoms with Crippen molar-refractivity contribution in [3.05, 3.63) is 40.5 Å². The Kier molecular flexibility index (Phi) is 4.48. The van der Waals surface area contributed by atoms with Crippen LogP contribution in [0.5, 0.6) is 0 Å². The Bertz CT molecular complexity index is 498. The van der Waals surface area contributed by atoms with Crippen molar-refractivity contribution < 1.29 is 0 Å². The number of hydrogen-bond acceptors (Lipinski definition) is 6. The first-order chi connectivity index (χ1) is 8.69. The second-order valence-corrected chi connectivity index (χ2v) is 5.18. The molecule has 7 heteroatoms. The van der Waals surface area contributed by atoms with E-state index in [0.717, 1.165) is 22.3 Å². The maximum absolute atomic E-state index is 5.85. The van der Waals surface area contributed by atoms with Gasteiger partial charge < -0.3 is 5.43 Å². The molecule has 3 N–H and O–H groups in total. The highest BCUT2D eigenvalue weighted by atomic mass is 35.5. The summed E-state index contributed by atoms with van der Waals surface area (Å²) in [5, 5.41) is 5.60. The molecule has 0 spiro atoms. The summed E-state index contributed by atoms with van der Waals surface area (Å²) in [6, 6.07) is 7.81. The summed E-state index contributed by atoms with van der Waals surface area (Å²) in [5.74, 6) is 5.39. The molecule has 18 heavy (non-hydrogen) atoms. The number of nitrogens with one attached hydrogen (secondary N) is 1. The van der Waals surface area contributed by atoms with E-state index in [1.54, 1.807) is 0 Å². The van der Waals surface area contributed by atoms with E-state index >= 15 is 0 Å². The van der Waals surface area contributed by atoms with Gasteiger partial charge in [-0.3, -0.25) is 4.90 Å². The third-order valence-corrected chi connectivity index (χ3v) is 3.42. The average Bonchev–Trinajstić information content (AvgIpc) is 2.79. The highest BCUT2D eigenvalue weighted by Crippen LogP contribution is 2.18. The Hall–Kier alpha value is -1.21. The number of nitrogens with zero attached hydrogens (tertiary/aromatic N) is 3. The standard InChI is InChI=1S/C11H14ClN5S/c1-17(6-8-2-4-9(12)5-3-8)7-10-11(14-13)18-16-15-10/h2-5,14H,6-7,13H2,1H3. The molecule has 0 unspecified atom stereocenters. The molecule has 0 radical (unpaired) electrons. The Balaban J connectivity index is 1.96. The van der Waals surface area contributed by atoms with Gasteiger partial charge >= 0.3 is 0 Å². The van der Waals surface area contributed by atoms with Crippen molar-refractivity contribution in [2.75, 3.05) is 12.5 Å². The molecule has 96 valence electrons. The zero-order valence-corrected chi connectivity index (χ0v) is 11.5. The minimum Gasteiger partial charge on any atom is -0.313 e. The fourth-order valence-corrected chi connectivity index (χ4v) is 2.25. The number of hydrogen-bond donors (Lipinski definition) is 2. The summed E-state index contributed by atoms with van der Waals surface area (Å²) in [7, 11) is 2.02. The molecule has 2 aromatic rings. The molecule has 0 bridgehead atoms.